The maximum absolute atomic E-state index is 9.76. The van der Waals surface area contributed by atoms with Crippen LogP contribution in [0.25, 0.3) is 11.4 Å². The summed E-state index contributed by atoms with van der Waals surface area (Å²) in [6, 6.07) is 4.87. The number of β-amino-alcohol motifs (C(OH)–C–C–N with tert-alkyl or cyclic N) is 1. The highest BCUT2D eigenvalue weighted by molar-refractivity contribution is 6.36. The minimum Gasteiger partial charge on any atom is -0.394 e. The van der Waals surface area contributed by atoms with Crippen molar-refractivity contribution < 1.29 is 10.2 Å². The molecule has 2 heterocycles. The Bertz CT molecular complexity index is 686. The zero-order chi connectivity index (χ0) is 15.7. The Morgan fingerprint density at radius 1 is 1.27 bits per heavy atom. The van der Waals surface area contributed by atoms with Crippen LogP contribution in [-0.2, 0) is 0 Å². The van der Waals surface area contributed by atoms with Gasteiger partial charge in [-0.15, -0.1) is 0 Å². The summed E-state index contributed by atoms with van der Waals surface area (Å²) >= 11 is 12.1. The Hall–Kier alpha value is -1.47. The van der Waals surface area contributed by atoms with Crippen LogP contribution in [0.15, 0.2) is 24.5 Å². The monoisotopic (exact) mass is 340 g/mol. The number of benzene rings is 1. The molecule has 0 aliphatic carbocycles. The summed E-state index contributed by atoms with van der Waals surface area (Å²) in [7, 11) is 0. The maximum Gasteiger partial charge on any atom is 0.229 e. The van der Waals surface area contributed by atoms with Crippen molar-refractivity contribution in [3.8, 4) is 11.4 Å². The molecule has 2 aromatic rings. The largest absolute Gasteiger partial charge is 0.394 e. The molecule has 22 heavy (non-hydrogen) atoms. The second-order valence-corrected chi connectivity index (χ2v) is 5.96. The third kappa shape index (κ3) is 3.01. The quantitative estimate of drug-likeness (QED) is 0.886. The Morgan fingerprint density at radius 3 is 2.82 bits per heavy atom. The first-order valence-corrected chi connectivity index (χ1v) is 7.54. The number of aromatic nitrogens is 3. The summed E-state index contributed by atoms with van der Waals surface area (Å²) in [5, 5.41) is 20.2. The molecule has 0 amide bonds. The van der Waals surface area contributed by atoms with E-state index in [1.54, 1.807) is 23.1 Å². The van der Waals surface area contributed by atoms with Crippen molar-refractivity contribution in [2.75, 3.05) is 18.1 Å². The first kappa shape index (κ1) is 15.4. The molecule has 0 unspecified atom stereocenters. The van der Waals surface area contributed by atoms with E-state index in [0.717, 1.165) is 0 Å². The standard InChI is InChI=1S/C14H14Cl2N4O2/c15-8-1-2-11(12(16)3-8)13-17-7-18-14(19-13)20-5-10(22)4-9(20)6-21/h1-3,7,9-10,21-22H,4-6H2/t9-,10+/m0/s1. The van der Waals surface area contributed by atoms with Gasteiger partial charge in [0.05, 0.1) is 23.8 Å². The zero-order valence-electron chi connectivity index (χ0n) is 11.5. The second kappa shape index (κ2) is 6.34. The van der Waals surface area contributed by atoms with Gasteiger partial charge in [0.1, 0.15) is 6.33 Å². The molecule has 3 rings (SSSR count). The number of halogens is 2. The van der Waals surface area contributed by atoms with E-state index in [4.69, 9.17) is 23.2 Å². The molecule has 116 valence electrons. The van der Waals surface area contributed by atoms with Crippen molar-refractivity contribution in [2.45, 2.75) is 18.6 Å². The molecule has 1 aliphatic rings. The number of anilines is 1. The third-order valence-corrected chi connectivity index (χ3v) is 4.14. The van der Waals surface area contributed by atoms with Crippen LogP contribution in [0, 0.1) is 0 Å². The lowest BCUT2D eigenvalue weighted by atomic mass is 10.2. The highest BCUT2D eigenvalue weighted by Gasteiger charge is 2.32. The second-order valence-electron chi connectivity index (χ2n) is 5.11. The maximum atomic E-state index is 9.76. The Labute approximate surface area is 137 Å². The summed E-state index contributed by atoms with van der Waals surface area (Å²) in [6.07, 6.45) is 1.37. The lowest BCUT2D eigenvalue weighted by molar-refractivity contribution is 0.184. The first-order chi connectivity index (χ1) is 10.6. The SMILES string of the molecule is OC[C@@H]1C[C@@H](O)CN1c1ncnc(-c2ccc(Cl)cc2Cl)n1. The van der Waals surface area contributed by atoms with E-state index in [9.17, 15) is 10.2 Å². The van der Waals surface area contributed by atoms with Crippen LogP contribution >= 0.6 is 23.2 Å². The average Bonchev–Trinajstić information content (AvgIpc) is 2.88. The Morgan fingerprint density at radius 2 is 2.09 bits per heavy atom. The molecule has 8 heteroatoms. The first-order valence-electron chi connectivity index (χ1n) is 6.78. The topological polar surface area (TPSA) is 82.4 Å². The average molecular weight is 341 g/mol. The predicted octanol–water partition coefficient (Wildman–Crippen LogP) is 1.78. The van der Waals surface area contributed by atoms with Gasteiger partial charge >= 0.3 is 0 Å². The summed E-state index contributed by atoms with van der Waals surface area (Å²) in [4.78, 5) is 14.5. The van der Waals surface area contributed by atoms with Gasteiger partial charge in [-0.2, -0.15) is 4.98 Å². The van der Waals surface area contributed by atoms with E-state index >= 15 is 0 Å². The molecule has 1 aromatic heterocycles. The minimum atomic E-state index is -0.503. The lowest BCUT2D eigenvalue weighted by Gasteiger charge is -2.22. The summed E-state index contributed by atoms with van der Waals surface area (Å²) < 4.78 is 0. The van der Waals surface area contributed by atoms with Gasteiger partial charge in [0.15, 0.2) is 5.82 Å². The molecule has 0 radical (unpaired) electrons. The molecular weight excluding hydrogens is 327 g/mol. The van der Waals surface area contributed by atoms with Crippen LogP contribution in [0.3, 0.4) is 0 Å². The fourth-order valence-corrected chi connectivity index (χ4v) is 3.03. The molecule has 0 saturated carbocycles. The number of rotatable bonds is 3. The highest BCUT2D eigenvalue weighted by atomic mass is 35.5. The van der Waals surface area contributed by atoms with Crippen LogP contribution in [0.1, 0.15) is 6.42 Å². The molecule has 2 N–H and O–H groups in total. The van der Waals surface area contributed by atoms with Gasteiger partial charge < -0.3 is 15.1 Å². The van der Waals surface area contributed by atoms with E-state index in [1.165, 1.54) is 6.33 Å². The smallest absolute Gasteiger partial charge is 0.229 e. The highest BCUT2D eigenvalue weighted by Crippen LogP contribution is 2.29. The van der Waals surface area contributed by atoms with Gasteiger partial charge in [-0.3, -0.25) is 0 Å². The molecule has 1 aliphatic heterocycles. The van der Waals surface area contributed by atoms with Crippen LogP contribution < -0.4 is 4.90 Å². The Kier molecular flexibility index (Phi) is 4.44. The number of hydrogen-bond donors (Lipinski definition) is 2. The molecule has 2 atom stereocenters. The third-order valence-electron chi connectivity index (χ3n) is 3.59. The van der Waals surface area contributed by atoms with Crippen LogP contribution in [0.5, 0.6) is 0 Å². The zero-order valence-corrected chi connectivity index (χ0v) is 13.0. The normalized spacial score (nSPS) is 21.4. The fourth-order valence-electron chi connectivity index (χ4n) is 2.54. The Balaban J connectivity index is 1.96. The van der Waals surface area contributed by atoms with Crippen LogP contribution in [0.2, 0.25) is 10.0 Å². The molecule has 6 nitrogen and oxygen atoms in total. The minimum absolute atomic E-state index is 0.0697. The van der Waals surface area contributed by atoms with E-state index in [2.05, 4.69) is 15.0 Å². The van der Waals surface area contributed by atoms with Crippen molar-refractivity contribution in [2.24, 2.45) is 0 Å². The molecule has 0 spiro atoms. The van der Waals surface area contributed by atoms with Crippen LogP contribution in [0.4, 0.5) is 5.95 Å². The lowest BCUT2D eigenvalue weighted by Crippen LogP contribution is -2.33. The van der Waals surface area contributed by atoms with Crippen molar-refractivity contribution >= 4 is 29.2 Å². The number of hydrogen-bond acceptors (Lipinski definition) is 6. The van der Waals surface area contributed by atoms with Crippen molar-refractivity contribution in [3.63, 3.8) is 0 Å². The molecular formula is C14H14Cl2N4O2. The predicted molar refractivity (Wildman–Crippen MR) is 84.1 cm³/mol. The molecule has 1 fully saturated rings. The van der Waals surface area contributed by atoms with Gasteiger partial charge in [0.25, 0.3) is 0 Å². The number of aliphatic hydroxyl groups is 2. The van der Waals surface area contributed by atoms with Gasteiger partial charge in [-0.25, -0.2) is 9.97 Å². The summed E-state index contributed by atoms with van der Waals surface area (Å²) in [5.41, 5.74) is 0.648. The molecule has 0 bridgehead atoms. The van der Waals surface area contributed by atoms with Crippen molar-refractivity contribution in [1.82, 2.24) is 15.0 Å². The number of nitrogens with zero attached hydrogens (tertiary/aromatic N) is 4. The fraction of sp³-hybridized carbons (Fsp3) is 0.357. The van der Waals surface area contributed by atoms with Crippen molar-refractivity contribution in [3.05, 3.63) is 34.6 Å². The van der Waals surface area contributed by atoms with Gasteiger partial charge in [-0.1, -0.05) is 23.2 Å². The molecule has 1 aromatic carbocycles. The van der Waals surface area contributed by atoms with E-state index in [0.29, 0.717) is 40.3 Å². The summed E-state index contributed by atoms with van der Waals surface area (Å²) in [5.74, 6) is 0.830. The number of aliphatic hydroxyl groups excluding tert-OH is 2. The summed E-state index contributed by atoms with van der Waals surface area (Å²) in [6.45, 7) is 0.308. The van der Waals surface area contributed by atoms with Gasteiger partial charge in [0, 0.05) is 17.1 Å². The van der Waals surface area contributed by atoms with E-state index in [1.807, 2.05) is 0 Å². The van der Waals surface area contributed by atoms with Gasteiger partial charge in [0.2, 0.25) is 5.95 Å². The van der Waals surface area contributed by atoms with E-state index < -0.39 is 6.10 Å². The van der Waals surface area contributed by atoms with Gasteiger partial charge in [-0.05, 0) is 24.6 Å². The van der Waals surface area contributed by atoms with Crippen LogP contribution in [-0.4, -0.2) is 50.5 Å². The van der Waals surface area contributed by atoms with Crippen molar-refractivity contribution in [1.29, 1.82) is 0 Å². The molecule has 1 saturated heterocycles. The van der Waals surface area contributed by atoms with E-state index in [-0.39, 0.29) is 12.6 Å².